The molecule has 0 aliphatic carbocycles. The SMILES string of the molecule is COC(=O)C1=C(CN2CCN3C(O)N(c4ccc(CCC(=O)O)cc4)C[C@@H]3C2)NC(c2nccs2)=N[C@H]1c1ccc(F)cc1Cl. The molecule has 1 unspecified atom stereocenters. The Morgan fingerprint density at radius 1 is 1.18 bits per heavy atom. The van der Waals surface area contributed by atoms with E-state index in [1.807, 2.05) is 34.5 Å². The van der Waals surface area contributed by atoms with E-state index < -0.39 is 30.1 Å². The van der Waals surface area contributed by atoms with Gasteiger partial charge in [0.25, 0.3) is 0 Å². The first kappa shape index (κ1) is 31.1. The highest BCUT2D eigenvalue weighted by molar-refractivity contribution is 7.11. The van der Waals surface area contributed by atoms with E-state index in [1.54, 1.807) is 6.20 Å². The molecule has 236 valence electrons. The second kappa shape index (κ2) is 13.2. The lowest BCUT2D eigenvalue weighted by Gasteiger charge is -2.39. The van der Waals surface area contributed by atoms with Crippen LogP contribution in [-0.4, -0.2) is 95.0 Å². The van der Waals surface area contributed by atoms with E-state index in [4.69, 9.17) is 26.4 Å². The van der Waals surface area contributed by atoms with E-state index in [1.165, 1.54) is 36.6 Å². The van der Waals surface area contributed by atoms with E-state index in [0.717, 1.165) is 11.3 Å². The number of aliphatic hydroxyl groups is 1. The molecule has 45 heavy (non-hydrogen) atoms. The van der Waals surface area contributed by atoms with Crippen molar-refractivity contribution in [1.29, 1.82) is 0 Å². The first-order valence-corrected chi connectivity index (χ1v) is 15.7. The van der Waals surface area contributed by atoms with E-state index in [9.17, 15) is 19.1 Å². The fraction of sp³-hybridized carbons (Fsp3) is 0.355. The van der Waals surface area contributed by atoms with Gasteiger partial charge in [0.15, 0.2) is 17.2 Å². The van der Waals surface area contributed by atoms with Crippen molar-refractivity contribution in [3.05, 3.63) is 92.3 Å². The van der Waals surface area contributed by atoms with Crippen LogP contribution < -0.4 is 10.2 Å². The number of aliphatic carboxylic acids is 1. The molecule has 14 heteroatoms. The minimum Gasteiger partial charge on any atom is -0.481 e. The van der Waals surface area contributed by atoms with Crippen molar-refractivity contribution < 1.29 is 28.9 Å². The van der Waals surface area contributed by atoms with Gasteiger partial charge in [-0.25, -0.2) is 14.2 Å². The van der Waals surface area contributed by atoms with E-state index >= 15 is 0 Å². The second-order valence-electron chi connectivity index (χ2n) is 11.1. The largest absolute Gasteiger partial charge is 0.481 e. The Morgan fingerprint density at radius 3 is 2.67 bits per heavy atom. The minimum absolute atomic E-state index is 0.0145. The second-order valence-corrected chi connectivity index (χ2v) is 12.4. The number of halogens is 2. The molecule has 3 N–H and O–H groups in total. The van der Waals surface area contributed by atoms with Gasteiger partial charge in [0.2, 0.25) is 0 Å². The van der Waals surface area contributed by atoms with Gasteiger partial charge in [-0.15, -0.1) is 11.3 Å². The summed E-state index contributed by atoms with van der Waals surface area (Å²) in [7, 11) is 1.31. The number of piperazine rings is 1. The predicted molar refractivity (Wildman–Crippen MR) is 168 cm³/mol. The standard InChI is InChI=1S/C31H32ClFN6O5S/c1-44-30(42)26-24(35-28(29-34-10-13-45-29)36-27(26)22-8-5-19(33)14-23(22)32)17-37-11-12-38-21(15-37)16-39(31(38)43)20-6-2-18(3-7-20)4-9-25(40)41/h2-3,5-8,10,13-14,21,27,31,43H,4,9,11-12,15-17H2,1H3,(H,35,36)(H,40,41)/t21-,27-,31?/m0/s1. The average molecular weight is 655 g/mol. The van der Waals surface area contributed by atoms with Gasteiger partial charge in [-0.1, -0.05) is 29.8 Å². The number of ether oxygens (including phenoxy) is 1. The third kappa shape index (κ3) is 6.58. The summed E-state index contributed by atoms with van der Waals surface area (Å²) >= 11 is 7.88. The Bertz CT molecular complexity index is 1640. The molecule has 4 heterocycles. The summed E-state index contributed by atoms with van der Waals surface area (Å²) in [5, 5.41) is 26.1. The number of hydrogen-bond donors (Lipinski definition) is 3. The van der Waals surface area contributed by atoms with Crippen LogP contribution in [0.15, 0.2) is 70.3 Å². The number of aryl methyl sites for hydroxylation is 1. The highest BCUT2D eigenvalue weighted by atomic mass is 35.5. The maximum Gasteiger partial charge on any atom is 0.338 e. The van der Waals surface area contributed by atoms with Gasteiger partial charge in [-0.05, 0) is 36.2 Å². The zero-order chi connectivity index (χ0) is 31.7. The molecular weight excluding hydrogens is 623 g/mol. The van der Waals surface area contributed by atoms with Crippen LogP contribution in [0.5, 0.6) is 0 Å². The highest BCUT2D eigenvalue weighted by Gasteiger charge is 2.42. The van der Waals surface area contributed by atoms with Crippen LogP contribution in [-0.2, 0) is 20.7 Å². The molecule has 0 amide bonds. The number of rotatable bonds is 9. The number of anilines is 1. The fourth-order valence-electron chi connectivity index (χ4n) is 6.08. The van der Waals surface area contributed by atoms with Crippen molar-refractivity contribution in [1.82, 2.24) is 20.1 Å². The molecule has 3 aliphatic heterocycles. The summed E-state index contributed by atoms with van der Waals surface area (Å²) in [6.07, 6.45) is 1.38. The first-order valence-electron chi connectivity index (χ1n) is 14.5. The Labute approximate surface area is 268 Å². The summed E-state index contributed by atoms with van der Waals surface area (Å²) in [5.41, 5.74) is 3.13. The Balaban J connectivity index is 1.24. The van der Waals surface area contributed by atoms with Crippen LogP contribution >= 0.6 is 22.9 Å². The maximum atomic E-state index is 14.0. The predicted octanol–water partition coefficient (Wildman–Crippen LogP) is 3.25. The topological polar surface area (TPSA) is 131 Å². The molecule has 0 spiro atoms. The zero-order valence-corrected chi connectivity index (χ0v) is 26.0. The number of carbonyl (C=O) groups is 2. The van der Waals surface area contributed by atoms with E-state index in [2.05, 4.69) is 20.1 Å². The van der Waals surface area contributed by atoms with Gasteiger partial charge in [0, 0.05) is 78.7 Å². The molecule has 11 nitrogen and oxygen atoms in total. The number of methoxy groups -OCH3 is 1. The number of carbonyl (C=O) groups excluding carboxylic acids is 1. The molecule has 2 fully saturated rings. The summed E-state index contributed by atoms with van der Waals surface area (Å²) in [5.74, 6) is -1.43. The molecule has 3 aliphatic rings. The van der Waals surface area contributed by atoms with Crippen LogP contribution in [0.3, 0.4) is 0 Å². The van der Waals surface area contributed by atoms with Crippen molar-refractivity contribution in [2.45, 2.75) is 31.3 Å². The monoisotopic (exact) mass is 654 g/mol. The molecule has 1 aromatic heterocycles. The maximum absolute atomic E-state index is 14.0. The smallest absolute Gasteiger partial charge is 0.338 e. The summed E-state index contributed by atoms with van der Waals surface area (Å²) < 4.78 is 19.2. The third-order valence-electron chi connectivity index (χ3n) is 8.30. The zero-order valence-electron chi connectivity index (χ0n) is 24.4. The Hall–Kier alpha value is -3.88. The molecule has 0 bridgehead atoms. The third-order valence-corrected chi connectivity index (χ3v) is 9.40. The van der Waals surface area contributed by atoms with Crippen molar-refractivity contribution >= 4 is 46.4 Å². The number of carboxylic acids is 1. The minimum atomic E-state index is -0.843. The van der Waals surface area contributed by atoms with Crippen LogP contribution in [0, 0.1) is 5.82 Å². The number of aromatic nitrogens is 1. The molecule has 2 saturated heterocycles. The number of benzene rings is 2. The van der Waals surface area contributed by atoms with Crippen molar-refractivity contribution in [2.24, 2.45) is 4.99 Å². The Kier molecular flexibility index (Phi) is 9.15. The van der Waals surface area contributed by atoms with Gasteiger partial charge in [-0.2, -0.15) is 0 Å². The number of nitrogens with one attached hydrogen (secondary N) is 1. The van der Waals surface area contributed by atoms with Gasteiger partial charge in [0.1, 0.15) is 11.9 Å². The van der Waals surface area contributed by atoms with Crippen LogP contribution in [0.2, 0.25) is 5.02 Å². The lowest BCUT2D eigenvalue weighted by atomic mass is 9.95. The number of amidine groups is 1. The number of aliphatic hydroxyl groups excluding tert-OH is 1. The van der Waals surface area contributed by atoms with Gasteiger partial charge in [0.05, 0.1) is 12.7 Å². The van der Waals surface area contributed by atoms with Gasteiger partial charge < -0.3 is 25.2 Å². The van der Waals surface area contributed by atoms with Crippen LogP contribution in [0.25, 0.3) is 0 Å². The number of fused-ring (bicyclic) bond motifs is 1. The molecule has 3 aromatic rings. The van der Waals surface area contributed by atoms with E-state index in [0.29, 0.717) is 61.2 Å². The van der Waals surface area contributed by atoms with E-state index in [-0.39, 0.29) is 23.1 Å². The lowest BCUT2D eigenvalue weighted by Crippen LogP contribution is -2.54. The van der Waals surface area contributed by atoms with Crippen molar-refractivity contribution in [3.8, 4) is 0 Å². The van der Waals surface area contributed by atoms with Crippen LogP contribution in [0.1, 0.15) is 28.6 Å². The molecular formula is C31H32ClFN6O5S. The van der Waals surface area contributed by atoms with Gasteiger partial charge >= 0.3 is 11.9 Å². The Morgan fingerprint density at radius 2 is 1.98 bits per heavy atom. The molecule has 0 saturated carbocycles. The number of aliphatic imine (C=N–C) groups is 1. The quantitative estimate of drug-likeness (QED) is 0.296. The number of thiazole rings is 1. The molecule has 6 rings (SSSR count). The highest BCUT2D eigenvalue weighted by Crippen LogP contribution is 2.37. The van der Waals surface area contributed by atoms with Crippen molar-refractivity contribution in [3.63, 3.8) is 0 Å². The van der Waals surface area contributed by atoms with Crippen LogP contribution in [0.4, 0.5) is 10.1 Å². The average Bonchev–Trinajstić information content (AvgIpc) is 3.68. The molecule has 0 radical (unpaired) electrons. The number of nitrogens with zero attached hydrogens (tertiary/aromatic N) is 5. The first-order chi connectivity index (χ1) is 21.7. The summed E-state index contributed by atoms with van der Waals surface area (Å²) in [6, 6.07) is 10.8. The molecule has 2 aromatic carbocycles. The van der Waals surface area contributed by atoms with Crippen molar-refractivity contribution in [2.75, 3.05) is 44.7 Å². The lowest BCUT2D eigenvalue weighted by molar-refractivity contribution is -0.137. The number of carboxylic acid groups (broad SMARTS) is 1. The number of esters is 1. The fourth-order valence-corrected chi connectivity index (χ4v) is 6.94. The van der Waals surface area contributed by atoms with Gasteiger partial charge in [-0.3, -0.25) is 19.6 Å². The normalized spacial score (nSPS) is 22.2. The molecule has 3 atom stereocenters. The summed E-state index contributed by atoms with van der Waals surface area (Å²) in [4.78, 5) is 39.6. The number of hydrogen-bond acceptors (Lipinski definition) is 11. The summed E-state index contributed by atoms with van der Waals surface area (Å²) in [6.45, 7) is 2.79.